The third-order valence-electron chi connectivity index (χ3n) is 6.60. The van der Waals surface area contributed by atoms with E-state index in [-0.39, 0.29) is 27.3 Å². The van der Waals surface area contributed by atoms with Gasteiger partial charge in [-0.2, -0.15) is 4.31 Å². The van der Waals surface area contributed by atoms with E-state index in [2.05, 4.69) is 4.90 Å². The number of piperidine rings is 1. The monoisotopic (exact) mass is 482 g/mol. The van der Waals surface area contributed by atoms with Crippen molar-refractivity contribution in [2.75, 3.05) is 58.9 Å². The second-order valence-corrected chi connectivity index (χ2v) is 11.1. The van der Waals surface area contributed by atoms with Gasteiger partial charge in [-0.3, -0.25) is 14.5 Å². The first-order valence-corrected chi connectivity index (χ1v) is 13.3. The topological polar surface area (TPSA) is 81.2 Å². The molecule has 176 valence electrons. The van der Waals surface area contributed by atoms with Gasteiger partial charge in [0.15, 0.2) is 0 Å². The number of benzene rings is 1. The van der Waals surface area contributed by atoms with Crippen molar-refractivity contribution in [1.82, 2.24) is 19.0 Å². The molecule has 0 N–H and O–H groups in total. The van der Waals surface area contributed by atoms with Crippen molar-refractivity contribution in [1.29, 1.82) is 0 Å². The minimum Gasteiger partial charge on any atom is -0.342 e. The molecular formula is C22H31ClN4O4S. The summed E-state index contributed by atoms with van der Waals surface area (Å²) in [5, 5.41) is 0.249. The molecule has 2 amide bonds. The molecule has 3 heterocycles. The molecule has 1 aromatic carbocycles. The van der Waals surface area contributed by atoms with E-state index in [4.69, 9.17) is 11.6 Å². The predicted octanol–water partition coefficient (Wildman–Crippen LogP) is 1.89. The van der Waals surface area contributed by atoms with Gasteiger partial charge in [-0.25, -0.2) is 8.42 Å². The zero-order valence-corrected chi connectivity index (χ0v) is 19.9. The Morgan fingerprint density at radius 2 is 1.44 bits per heavy atom. The summed E-state index contributed by atoms with van der Waals surface area (Å²) in [7, 11) is -3.64. The molecule has 32 heavy (non-hydrogen) atoms. The van der Waals surface area contributed by atoms with Crippen molar-refractivity contribution < 1.29 is 18.0 Å². The molecule has 0 spiro atoms. The highest BCUT2D eigenvalue weighted by atomic mass is 35.5. The number of halogens is 1. The number of carbonyl (C=O) groups excluding carboxylic acids is 2. The summed E-state index contributed by atoms with van der Waals surface area (Å²) in [5.74, 6) is -0.114. The van der Waals surface area contributed by atoms with E-state index in [1.165, 1.54) is 22.5 Å². The van der Waals surface area contributed by atoms with Crippen molar-refractivity contribution in [3.05, 3.63) is 28.8 Å². The van der Waals surface area contributed by atoms with Crippen LogP contribution in [0.5, 0.6) is 0 Å². The first-order chi connectivity index (χ1) is 15.4. The van der Waals surface area contributed by atoms with Crippen molar-refractivity contribution in [3.8, 4) is 0 Å². The largest absolute Gasteiger partial charge is 0.342 e. The molecule has 0 bridgehead atoms. The van der Waals surface area contributed by atoms with Crippen molar-refractivity contribution in [3.63, 3.8) is 0 Å². The van der Waals surface area contributed by atoms with E-state index < -0.39 is 10.0 Å². The Bertz CT molecular complexity index is 951. The standard InChI is InChI=1S/C22H31ClN4O4S/c23-20-7-6-18(32(30,31)27-10-2-1-3-11-27)16-19(20)22(29)26-14-12-24(13-15-26)17-21(28)25-8-4-5-9-25/h6-7,16H,1-5,8-15,17H2. The number of hydrogen-bond acceptors (Lipinski definition) is 5. The normalized spacial score (nSPS) is 21.2. The minimum atomic E-state index is -3.64. The Hall–Kier alpha value is -1.68. The van der Waals surface area contributed by atoms with Gasteiger partial charge in [-0.1, -0.05) is 18.0 Å². The number of nitrogens with zero attached hydrogens (tertiary/aromatic N) is 4. The highest BCUT2D eigenvalue weighted by Crippen LogP contribution is 2.26. The predicted molar refractivity (Wildman–Crippen MR) is 122 cm³/mol. The van der Waals surface area contributed by atoms with Gasteiger partial charge in [-0.15, -0.1) is 0 Å². The molecule has 0 atom stereocenters. The Morgan fingerprint density at radius 3 is 2.09 bits per heavy atom. The summed E-state index contributed by atoms with van der Waals surface area (Å²) in [6.07, 6.45) is 4.88. The fourth-order valence-electron chi connectivity index (χ4n) is 4.62. The number of carbonyl (C=O) groups is 2. The molecule has 3 saturated heterocycles. The van der Waals surface area contributed by atoms with Gasteiger partial charge in [0.1, 0.15) is 0 Å². The Kier molecular flexibility index (Phi) is 7.39. The van der Waals surface area contributed by atoms with Crippen molar-refractivity contribution >= 4 is 33.4 Å². The van der Waals surface area contributed by atoms with E-state index in [0.717, 1.165) is 45.2 Å². The maximum atomic E-state index is 13.2. The molecular weight excluding hydrogens is 452 g/mol. The smallest absolute Gasteiger partial charge is 0.255 e. The van der Waals surface area contributed by atoms with Crippen LogP contribution in [0.15, 0.2) is 23.1 Å². The number of amides is 2. The minimum absolute atomic E-state index is 0.113. The van der Waals surface area contributed by atoms with Crippen LogP contribution in [0.1, 0.15) is 42.5 Å². The highest BCUT2D eigenvalue weighted by molar-refractivity contribution is 7.89. The maximum Gasteiger partial charge on any atom is 0.255 e. The molecule has 0 aliphatic carbocycles. The zero-order chi connectivity index (χ0) is 22.7. The van der Waals surface area contributed by atoms with Crippen LogP contribution in [-0.4, -0.2) is 98.1 Å². The van der Waals surface area contributed by atoms with Crippen LogP contribution in [-0.2, 0) is 14.8 Å². The summed E-state index contributed by atoms with van der Waals surface area (Å²) in [6.45, 7) is 5.24. The third-order valence-corrected chi connectivity index (χ3v) is 8.82. The summed E-state index contributed by atoms with van der Waals surface area (Å²) < 4.78 is 27.5. The molecule has 0 saturated carbocycles. The second kappa shape index (κ2) is 10.1. The van der Waals surface area contributed by atoms with Crippen molar-refractivity contribution in [2.45, 2.75) is 37.0 Å². The Labute approximate surface area is 195 Å². The average Bonchev–Trinajstić information content (AvgIpc) is 3.35. The van der Waals surface area contributed by atoms with Gasteiger partial charge in [0.2, 0.25) is 15.9 Å². The first-order valence-electron chi connectivity index (χ1n) is 11.5. The molecule has 4 rings (SSSR count). The first kappa shape index (κ1) is 23.5. The van der Waals surface area contributed by atoms with Crippen LogP contribution in [0.2, 0.25) is 5.02 Å². The molecule has 0 aromatic heterocycles. The van der Waals surface area contributed by atoms with E-state index in [1.807, 2.05) is 4.90 Å². The number of hydrogen-bond donors (Lipinski definition) is 0. The lowest BCUT2D eigenvalue weighted by Gasteiger charge is -2.35. The summed E-state index contributed by atoms with van der Waals surface area (Å²) in [4.78, 5) is 31.3. The van der Waals surface area contributed by atoms with Gasteiger partial charge >= 0.3 is 0 Å². The molecule has 0 unspecified atom stereocenters. The quantitative estimate of drug-likeness (QED) is 0.640. The second-order valence-electron chi connectivity index (χ2n) is 8.76. The summed E-state index contributed by atoms with van der Waals surface area (Å²) >= 11 is 6.30. The number of sulfonamides is 1. The molecule has 3 aliphatic heterocycles. The van der Waals surface area contributed by atoms with Crippen molar-refractivity contribution in [2.24, 2.45) is 0 Å². The number of likely N-dealkylation sites (tertiary alicyclic amines) is 1. The van der Waals surface area contributed by atoms with Gasteiger partial charge in [0.25, 0.3) is 5.91 Å². The van der Waals surface area contributed by atoms with Crippen LogP contribution in [0.25, 0.3) is 0 Å². The summed E-state index contributed by atoms with van der Waals surface area (Å²) in [6, 6.07) is 4.39. The van der Waals surface area contributed by atoms with Crippen LogP contribution >= 0.6 is 11.6 Å². The van der Waals surface area contributed by atoms with Crippen LogP contribution in [0.4, 0.5) is 0 Å². The van der Waals surface area contributed by atoms with Gasteiger partial charge < -0.3 is 9.80 Å². The lowest BCUT2D eigenvalue weighted by Crippen LogP contribution is -2.51. The van der Waals surface area contributed by atoms with Crippen LogP contribution in [0.3, 0.4) is 0 Å². The highest BCUT2D eigenvalue weighted by Gasteiger charge is 2.30. The number of rotatable bonds is 5. The lowest BCUT2D eigenvalue weighted by atomic mass is 10.1. The Balaban J connectivity index is 1.40. The fraction of sp³-hybridized carbons (Fsp3) is 0.636. The van der Waals surface area contributed by atoms with E-state index in [0.29, 0.717) is 45.8 Å². The third kappa shape index (κ3) is 5.11. The molecule has 8 nitrogen and oxygen atoms in total. The molecule has 3 fully saturated rings. The molecule has 0 radical (unpaired) electrons. The van der Waals surface area contributed by atoms with E-state index in [9.17, 15) is 18.0 Å². The van der Waals surface area contributed by atoms with Crippen LogP contribution < -0.4 is 0 Å². The van der Waals surface area contributed by atoms with Gasteiger partial charge in [-0.05, 0) is 43.9 Å². The van der Waals surface area contributed by atoms with Crippen LogP contribution in [0, 0.1) is 0 Å². The lowest BCUT2D eigenvalue weighted by molar-refractivity contribution is -0.131. The summed E-state index contributed by atoms with van der Waals surface area (Å²) in [5.41, 5.74) is 0.214. The number of piperazine rings is 1. The SMILES string of the molecule is O=C(CN1CCN(C(=O)c2cc(S(=O)(=O)N3CCCCC3)ccc2Cl)CC1)N1CCCC1. The van der Waals surface area contributed by atoms with E-state index in [1.54, 1.807) is 4.90 Å². The average molecular weight is 483 g/mol. The van der Waals surface area contributed by atoms with Gasteiger partial charge in [0.05, 0.1) is 22.0 Å². The maximum absolute atomic E-state index is 13.2. The molecule has 1 aromatic rings. The molecule has 10 heteroatoms. The molecule has 3 aliphatic rings. The Morgan fingerprint density at radius 1 is 0.812 bits per heavy atom. The van der Waals surface area contributed by atoms with E-state index >= 15 is 0 Å². The van der Waals surface area contributed by atoms with Gasteiger partial charge in [0, 0.05) is 52.4 Å². The zero-order valence-electron chi connectivity index (χ0n) is 18.3. The fourth-order valence-corrected chi connectivity index (χ4v) is 6.36.